The second-order valence-corrected chi connectivity index (χ2v) is 4.47. The van der Waals surface area contributed by atoms with Crippen LogP contribution < -0.4 is 0 Å². The average Bonchev–Trinajstić information content (AvgIpc) is 2.22. The lowest BCUT2D eigenvalue weighted by molar-refractivity contribution is 0.618. The fourth-order valence-electron chi connectivity index (χ4n) is 1.51. The Bertz CT molecular complexity index is 265. The fraction of sp³-hybridized carbons (Fsp3) is 0.444. The minimum atomic E-state index is 0.0451. The van der Waals surface area contributed by atoms with Crippen LogP contribution in [-0.2, 0) is 0 Å². The maximum Gasteiger partial charge on any atom is 0.0928 e. The van der Waals surface area contributed by atoms with Crippen LogP contribution in [0, 0.1) is 0 Å². The predicted molar refractivity (Wildman–Crippen MR) is 51.2 cm³/mol. The lowest BCUT2D eigenvalue weighted by Crippen LogP contribution is -2.29. The van der Waals surface area contributed by atoms with Crippen LogP contribution in [0.1, 0.15) is 13.8 Å². The smallest absolute Gasteiger partial charge is 0.0928 e. The molecule has 2 rings (SSSR count). The summed E-state index contributed by atoms with van der Waals surface area (Å²) in [5.41, 5.74) is 0.0451. The first-order valence-corrected chi connectivity index (χ1v) is 4.68. The Morgan fingerprint density at radius 3 is 3.09 bits per heavy atom. The minimum absolute atomic E-state index is 0.0451. The molecule has 1 unspecified atom stereocenters. The molecule has 0 bridgehead atoms. The van der Waals surface area contributed by atoms with E-state index in [4.69, 9.17) is 0 Å². The Morgan fingerprint density at radius 1 is 1.55 bits per heavy atom. The van der Waals surface area contributed by atoms with E-state index in [0.29, 0.717) is 5.25 Å². The monoisotopic (exact) mass is 165 g/mol. The molecule has 11 heavy (non-hydrogen) atoms. The number of allylic oxidation sites excluding steroid dienone is 2. The van der Waals surface area contributed by atoms with Crippen LogP contribution in [0.2, 0.25) is 0 Å². The van der Waals surface area contributed by atoms with Crippen LogP contribution in [0.15, 0.2) is 29.3 Å². The van der Waals surface area contributed by atoms with Gasteiger partial charge in [0.15, 0.2) is 0 Å². The van der Waals surface area contributed by atoms with Gasteiger partial charge in [-0.05, 0) is 13.8 Å². The van der Waals surface area contributed by atoms with Crippen molar-refractivity contribution in [2.45, 2.75) is 24.6 Å². The molecule has 2 atom stereocenters. The normalized spacial score (nSPS) is 40.5. The second kappa shape index (κ2) is 2.24. The summed E-state index contributed by atoms with van der Waals surface area (Å²) in [6.07, 6.45) is 8.60. The Labute approximate surface area is 71.3 Å². The first kappa shape index (κ1) is 7.17. The summed E-state index contributed by atoms with van der Waals surface area (Å²) in [7, 11) is 0. The van der Waals surface area contributed by atoms with Gasteiger partial charge in [0.05, 0.1) is 15.8 Å². The first-order chi connectivity index (χ1) is 5.21. The minimum Gasteiger partial charge on any atom is -0.271 e. The van der Waals surface area contributed by atoms with E-state index >= 15 is 0 Å². The zero-order chi connectivity index (χ0) is 7.90. The van der Waals surface area contributed by atoms with E-state index in [9.17, 15) is 0 Å². The van der Waals surface area contributed by atoms with Crippen LogP contribution >= 0.6 is 11.8 Å². The van der Waals surface area contributed by atoms with E-state index in [0.717, 1.165) is 0 Å². The zero-order valence-electron chi connectivity index (χ0n) is 6.74. The predicted octanol–water partition coefficient (Wildman–Crippen LogP) is 2.40. The summed E-state index contributed by atoms with van der Waals surface area (Å²) < 4.78 is 0. The third-order valence-electron chi connectivity index (χ3n) is 2.10. The molecule has 2 aliphatic rings. The molecular weight excluding hydrogens is 154 g/mol. The van der Waals surface area contributed by atoms with E-state index in [1.165, 1.54) is 5.04 Å². The van der Waals surface area contributed by atoms with Crippen LogP contribution in [0.3, 0.4) is 0 Å². The van der Waals surface area contributed by atoms with E-state index < -0.39 is 0 Å². The number of aliphatic imine (C=N–C) groups is 1. The SMILES string of the molecule is CC1=N[C@]2(C)C=CC=CC2S1. The molecule has 0 saturated carbocycles. The summed E-state index contributed by atoms with van der Waals surface area (Å²) in [6.45, 7) is 4.26. The molecule has 0 aromatic carbocycles. The molecule has 58 valence electrons. The van der Waals surface area contributed by atoms with Gasteiger partial charge in [-0.3, -0.25) is 4.99 Å². The zero-order valence-corrected chi connectivity index (χ0v) is 7.56. The number of thioether (sulfide) groups is 1. The molecule has 1 nitrogen and oxygen atoms in total. The molecule has 1 aliphatic heterocycles. The highest BCUT2D eigenvalue weighted by Crippen LogP contribution is 2.38. The van der Waals surface area contributed by atoms with Gasteiger partial charge in [-0.15, -0.1) is 11.8 Å². The van der Waals surface area contributed by atoms with Gasteiger partial charge in [0.1, 0.15) is 0 Å². The number of hydrogen-bond acceptors (Lipinski definition) is 2. The lowest BCUT2D eigenvalue weighted by atomic mass is 9.94. The van der Waals surface area contributed by atoms with E-state index in [2.05, 4.69) is 43.1 Å². The van der Waals surface area contributed by atoms with Crippen LogP contribution in [0.5, 0.6) is 0 Å². The summed E-state index contributed by atoms with van der Waals surface area (Å²) in [5.74, 6) is 0. The lowest BCUT2D eigenvalue weighted by Gasteiger charge is -2.24. The Morgan fingerprint density at radius 2 is 2.36 bits per heavy atom. The highest BCUT2D eigenvalue weighted by molar-refractivity contribution is 8.14. The largest absolute Gasteiger partial charge is 0.271 e. The van der Waals surface area contributed by atoms with Crippen molar-refractivity contribution in [3.63, 3.8) is 0 Å². The third kappa shape index (κ3) is 1.06. The van der Waals surface area contributed by atoms with Gasteiger partial charge in [0.2, 0.25) is 0 Å². The molecule has 0 aromatic rings. The van der Waals surface area contributed by atoms with Crippen molar-refractivity contribution in [3.8, 4) is 0 Å². The van der Waals surface area contributed by atoms with Crippen molar-refractivity contribution in [2.24, 2.45) is 4.99 Å². The number of fused-ring (bicyclic) bond motifs is 1. The summed E-state index contributed by atoms with van der Waals surface area (Å²) in [5, 5.41) is 1.74. The Hall–Kier alpha value is -0.500. The average molecular weight is 165 g/mol. The van der Waals surface area contributed by atoms with Gasteiger partial charge in [0.25, 0.3) is 0 Å². The van der Waals surface area contributed by atoms with Gasteiger partial charge < -0.3 is 0 Å². The third-order valence-corrected chi connectivity index (χ3v) is 3.42. The summed E-state index contributed by atoms with van der Waals surface area (Å²) in [6, 6.07) is 0. The van der Waals surface area contributed by atoms with Crippen molar-refractivity contribution < 1.29 is 0 Å². The van der Waals surface area contributed by atoms with Gasteiger partial charge in [-0.1, -0.05) is 24.3 Å². The number of nitrogens with zero attached hydrogens (tertiary/aromatic N) is 1. The molecule has 0 spiro atoms. The van der Waals surface area contributed by atoms with Crippen molar-refractivity contribution in [1.82, 2.24) is 0 Å². The Kier molecular flexibility index (Phi) is 1.46. The van der Waals surface area contributed by atoms with E-state index in [1.54, 1.807) is 0 Å². The molecule has 0 fully saturated rings. The second-order valence-electron chi connectivity index (χ2n) is 3.14. The highest BCUT2D eigenvalue weighted by Gasteiger charge is 2.36. The van der Waals surface area contributed by atoms with E-state index in [-0.39, 0.29) is 5.54 Å². The molecule has 1 heterocycles. The van der Waals surface area contributed by atoms with Gasteiger partial charge >= 0.3 is 0 Å². The molecule has 0 saturated heterocycles. The summed E-state index contributed by atoms with van der Waals surface area (Å²) in [4.78, 5) is 4.58. The maximum atomic E-state index is 4.58. The molecule has 1 aliphatic carbocycles. The molecule has 0 amide bonds. The summed E-state index contributed by atoms with van der Waals surface area (Å²) >= 11 is 1.86. The van der Waals surface area contributed by atoms with E-state index in [1.807, 2.05) is 11.8 Å². The number of hydrogen-bond donors (Lipinski definition) is 0. The van der Waals surface area contributed by atoms with Crippen molar-refractivity contribution in [3.05, 3.63) is 24.3 Å². The van der Waals surface area contributed by atoms with Crippen molar-refractivity contribution in [1.29, 1.82) is 0 Å². The quantitative estimate of drug-likeness (QED) is 0.537. The molecule has 0 N–H and O–H groups in total. The highest BCUT2D eigenvalue weighted by atomic mass is 32.2. The molecule has 0 aromatic heterocycles. The number of rotatable bonds is 0. The van der Waals surface area contributed by atoms with Crippen LogP contribution in [0.25, 0.3) is 0 Å². The van der Waals surface area contributed by atoms with Crippen LogP contribution in [0.4, 0.5) is 0 Å². The van der Waals surface area contributed by atoms with Crippen LogP contribution in [-0.4, -0.2) is 15.8 Å². The Balaban J connectivity index is 2.37. The molecule has 0 radical (unpaired) electrons. The van der Waals surface area contributed by atoms with Crippen molar-refractivity contribution in [2.75, 3.05) is 0 Å². The van der Waals surface area contributed by atoms with Crippen molar-refractivity contribution >= 4 is 16.8 Å². The first-order valence-electron chi connectivity index (χ1n) is 3.80. The van der Waals surface area contributed by atoms with Gasteiger partial charge in [-0.2, -0.15) is 0 Å². The topological polar surface area (TPSA) is 12.4 Å². The maximum absolute atomic E-state index is 4.58. The van der Waals surface area contributed by atoms with Gasteiger partial charge in [-0.25, -0.2) is 0 Å². The fourth-order valence-corrected chi connectivity index (χ4v) is 2.67. The standard InChI is InChI=1S/C9H11NS/c1-7-10-9(2)6-4-3-5-8(9)11-7/h3-6,8H,1-2H3/t8?,9-/m1/s1. The molecular formula is C9H11NS. The van der Waals surface area contributed by atoms with Gasteiger partial charge in [0, 0.05) is 0 Å². The molecule has 2 heteroatoms.